The maximum atomic E-state index is 11.4. The lowest BCUT2D eigenvalue weighted by Crippen LogP contribution is -2.44. The molecule has 7 heteroatoms. The van der Waals surface area contributed by atoms with Crippen molar-refractivity contribution in [2.75, 3.05) is 24.7 Å². The zero-order valence-electron chi connectivity index (χ0n) is 17.5. The Bertz CT molecular complexity index is 909. The number of rotatable bonds is 7. The zero-order valence-corrected chi connectivity index (χ0v) is 17.5. The summed E-state index contributed by atoms with van der Waals surface area (Å²) in [5.74, 6) is 0.789. The second kappa shape index (κ2) is 8.88. The van der Waals surface area contributed by atoms with E-state index in [2.05, 4.69) is 23.7 Å². The van der Waals surface area contributed by atoms with Crippen LogP contribution in [0.5, 0.6) is 0 Å². The Hall–Kier alpha value is -2.51. The topological polar surface area (TPSA) is 108 Å². The molecule has 1 aliphatic rings. The second-order valence-electron chi connectivity index (χ2n) is 7.87. The quantitative estimate of drug-likeness (QED) is 0.619. The van der Waals surface area contributed by atoms with Gasteiger partial charge in [0.05, 0.1) is 30.6 Å². The Morgan fingerprint density at radius 3 is 3.00 bits per heavy atom. The number of allylic oxidation sites excluding steroid dienone is 1. The predicted molar refractivity (Wildman–Crippen MR) is 117 cm³/mol. The van der Waals surface area contributed by atoms with Gasteiger partial charge in [-0.15, -0.1) is 0 Å². The lowest BCUT2D eigenvalue weighted by molar-refractivity contribution is 0.0468. The van der Waals surface area contributed by atoms with Crippen molar-refractivity contribution in [1.29, 1.82) is 5.41 Å². The Balaban J connectivity index is 2.25. The van der Waals surface area contributed by atoms with Gasteiger partial charge in [-0.2, -0.15) is 0 Å². The van der Waals surface area contributed by atoms with Crippen LogP contribution >= 0.6 is 0 Å². The summed E-state index contributed by atoms with van der Waals surface area (Å²) in [7, 11) is 0. The van der Waals surface area contributed by atoms with Crippen LogP contribution in [0.15, 0.2) is 24.4 Å². The van der Waals surface area contributed by atoms with Crippen LogP contribution in [0.3, 0.4) is 0 Å². The van der Waals surface area contributed by atoms with Crippen LogP contribution in [0.25, 0.3) is 16.6 Å². The largest absolute Gasteiger partial charge is 0.397 e. The molecule has 29 heavy (non-hydrogen) atoms. The fourth-order valence-corrected chi connectivity index (χ4v) is 3.83. The summed E-state index contributed by atoms with van der Waals surface area (Å²) in [6.45, 7) is 8.09. The highest BCUT2D eigenvalue weighted by molar-refractivity contribution is 5.94. The number of nitrogens with zero attached hydrogens (tertiary/aromatic N) is 3. The first-order valence-electron chi connectivity index (χ1n) is 10.2. The number of unbranched alkanes of at least 4 members (excludes halogenated alkanes) is 1. The molecular formula is C22H31N5O2. The minimum atomic E-state index is -1.000. The maximum absolute atomic E-state index is 11.4. The predicted octanol–water partition coefficient (Wildman–Crippen LogP) is 3.20. The standard InChI is InChI=1S/C22H31N5O2/c1-4-5-8-22(3,28)17-13-19(27-11-12-29-14-15(27)2)26-20-16(17)7-10-25-21(20)18(24)6-9-23/h6-7,9-10,13,15,23,28H,4-5,8,11-12,14,24H2,1-3H3/b18-6-,23-9?/t15-,22?/m1/s1. The number of nitrogens with one attached hydrogen (secondary N) is 1. The first kappa shape index (κ1) is 21.2. The molecule has 4 N–H and O–H groups in total. The van der Waals surface area contributed by atoms with Crippen molar-refractivity contribution in [3.8, 4) is 0 Å². The number of nitrogens with two attached hydrogens (primary N) is 1. The van der Waals surface area contributed by atoms with Gasteiger partial charge in [0.2, 0.25) is 0 Å². The molecule has 156 valence electrons. The average molecular weight is 398 g/mol. The van der Waals surface area contributed by atoms with Gasteiger partial charge in [-0.1, -0.05) is 19.8 Å². The van der Waals surface area contributed by atoms with Crippen LogP contribution in [0, 0.1) is 5.41 Å². The van der Waals surface area contributed by atoms with E-state index < -0.39 is 5.60 Å². The van der Waals surface area contributed by atoms with Crippen LogP contribution in [-0.2, 0) is 10.3 Å². The van der Waals surface area contributed by atoms with Crippen molar-refractivity contribution in [3.63, 3.8) is 0 Å². The summed E-state index contributed by atoms with van der Waals surface area (Å²) >= 11 is 0. The van der Waals surface area contributed by atoms with E-state index in [-0.39, 0.29) is 6.04 Å². The molecule has 0 amide bonds. The number of aliphatic hydroxyl groups is 1. The van der Waals surface area contributed by atoms with Crippen LogP contribution < -0.4 is 10.6 Å². The van der Waals surface area contributed by atoms with Gasteiger partial charge in [0, 0.05) is 24.3 Å². The van der Waals surface area contributed by atoms with Crippen molar-refractivity contribution in [1.82, 2.24) is 9.97 Å². The highest BCUT2D eigenvalue weighted by Gasteiger charge is 2.29. The Labute approximate surface area is 172 Å². The first-order valence-corrected chi connectivity index (χ1v) is 10.2. The maximum Gasteiger partial charge on any atom is 0.130 e. The average Bonchev–Trinajstić information content (AvgIpc) is 2.71. The number of hydrogen-bond acceptors (Lipinski definition) is 7. The van der Waals surface area contributed by atoms with E-state index in [1.54, 1.807) is 6.20 Å². The molecule has 2 aromatic rings. The zero-order chi connectivity index (χ0) is 21.0. The van der Waals surface area contributed by atoms with Gasteiger partial charge in [-0.3, -0.25) is 4.98 Å². The van der Waals surface area contributed by atoms with Crippen molar-refractivity contribution in [2.24, 2.45) is 5.73 Å². The molecule has 2 aromatic heterocycles. The van der Waals surface area contributed by atoms with Crippen molar-refractivity contribution < 1.29 is 9.84 Å². The molecule has 3 heterocycles. The highest BCUT2D eigenvalue weighted by Crippen LogP contribution is 2.36. The van der Waals surface area contributed by atoms with Gasteiger partial charge >= 0.3 is 0 Å². The van der Waals surface area contributed by atoms with Gasteiger partial charge in [0.15, 0.2) is 0 Å². The molecule has 0 aliphatic carbocycles. The monoisotopic (exact) mass is 397 g/mol. The lowest BCUT2D eigenvalue weighted by atomic mass is 9.88. The fourth-order valence-electron chi connectivity index (χ4n) is 3.83. The van der Waals surface area contributed by atoms with Crippen molar-refractivity contribution in [3.05, 3.63) is 35.7 Å². The summed E-state index contributed by atoms with van der Waals surface area (Å²) in [6.07, 6.45) is 6.91. The van der Waals surface area contributed by atoms with Crippen LogP contribution in [0.2, 0.25) is 0 Å². The van der Waals surface area contributed by atoms with Gasteiger partial charge < -0.3 is 25.9 Å². The third-order valence-electron chi connectivity index (χ3n) is 5.51. The van der Waals surface area contributed by atoms with E-state index >= 15 is 0 Å². The molecule has 1 aliphatic heterocycles. The third-order valence-corrected chi connectivity index (χ3v) is 5.51. The summed E-state index contributed by atoms with van der Waals surface area (Å²) in [5, 5.41) is 19.5. The molecule has 2 atom stereocenters. The molecule has 3 rings (SSSR count). The van der Waals surface area contributed by atoms with Crippen LogP contribution in [-0.4, -0.2) is 47.1 Å². The van der Waals surface area contributed by atoms with Crippen LogP contribution in [0.4, 0.5) is 5.82 Å². The SMILES string of the molecule is CCCCC(C)(O)c1cc(N2CCOC[C@H]2C)nc2c(/C(N)=C/C=N)nccc12. The number of anilines is 1. The van der Waals surface area contributed by atoms with Gasteiger partial charge in [-0.05, 0) is 44.0 Å². The Morgan fingerprint density at radius 2 is 2.31 bits per heavy atom. The van der Waals surface area contributed by atoms with Gasteiger partial charge in [0.25, 0.3) is 0 Å². The molecule has 1 saturated heterocycles. The highest BCUT2D eigenvalue weighted by atomic mass is 16.5. The smallest absolute Gasteiger partial charge is 0.130 e. The fraction of sp³-hybridized carbons (Fsp3) is 0.500. The molecular weight excluding hydrogens is 366 g/mol. The first-order chi connectivity index (χ1) is 13.9. The summed E-state index contributed by atoms with van der Waals surface area (Å²) in [4.78, 5) is 11.5. The van der Waals surface area contributed by atoms with E-state index in [9.17, 15) is 5.11 Å². The Morgan fingerprint density at radius 1 is 1.52 bits per heavy atom. The molecule has 0 aromatic carbocycles. The number of morpholine rings is 1. The molecule has 0 saturated carbocycles. The van der Waals surface area contributed by atoms with E-state index in [4.69, 9.17) is 20.9 Å². The molecule has 0 bridgehead atoms. The molecule has 0 radical (unpaired) electrons. The van der Waals surface area contributed by atoms with Gasteiger partial charge in [-0.25, -0.2) is 4.98 Å². The normalized spacial score (nSPS) is 19.9. The van der Waals surface area contributed by atoms with Crippen molar-refractivity contribution in [2.45, 2.75) is 51.7 Å². The number of ether oxygens (including phenoxy) is 1. The van der Waals surface area contributed by atoms with E-state index in [0.717, 1.165) is 42.4 Å². The third kappa shape index (κ3) is 4.41. The number of pyridine rings is 2. The minimum absolute atomic E-state index is 0.178. The van der Waals surface area contributed by atoms with Crippen molar-refractivity contribution >= 4 is 28.6 Å². The molecule has 1 unspecified atom stereocenters. The molecule has 1 fully saturated rings. The summed E-state index contributed by atoms with van der Waals surface area (Å²) < 4.78 is 5.58. The number of fused-ring (bicyclic) bond motifs is 1. The second-order valence-corrected chi connectivity index (χ2v) is 7.87. The summed E-state index contributed by atoms with van der Waals surface area (Å²) in [6, 6.07) is 4.06. The lowest BCUT2D eigenvalue weighted by Gasteiger charge is -2.35. The number of aromatic nitrogens is 2. The molecule has 0 spiro atoms. The van der Waals surface area contributed by atoms with E-state index in [0.29, 0.717) is 36.5 Å². The van der Waals surface area contributed by atoms with Crippen LogP contribution in [0.1, 0.15) is 51.3 Å². The Kier molecular flexibility index (Phi) is 6.49. The number of hydrogen-bond donors (Lipinski definition) is 3. The van der Waals surface area contributed by atoms with E-state index in [1.807, 2.05) is 19.1 Å². The van der Waals surface area contributed by atoms with E-state index in [1.165, 1.54) is 6.08 Å². The minimum Gasteiger partial charge on any atom is -0.397 e. The van der Waals surface area contributed by atoms with Gasteiger partial charge in [0.1, 0.15) is 17.0 Å². The molecule has 7 nitrogen and oxygen atoms in total. The summed E-state index contributed by atoms with van der Waals surface area (Å²) in [5.41, 5.74) is 7.56.